The minimum Gasteiger partial charge on any atom is -0.309 e. The van der Waals surface area contributed by atoms with Gasteiger partial charge in [-0.2, -0.15) is 5.10 Å². The molecular formula is C14H16BrF2N3. The third-order valence-corrected chi connectivity index (χ3v) is 3.69. The fraction of sp³-hybridized carbons (Fsp3) is 0.357. The van der Waals surface area contributed by atoms with E-state index < -0.39 is 11.6 Å². The van der Waals surface area contributed by atoms with Gasteiger partial charge in [-0.1, -0.05) is 6.92 Å². The number of rotatable bonds is 5. The molecule has 0 fully saturated rings. The monoisotopic (exact) mass is 343 g/mol. The fourth-order valence-corrected chi connectivity index (χ4v) is 2.91. The number of aryl methyl sites for hydroxylation is 1. The second kappa shape index (κ2) is 6.45. The summed E-state index contributed by atoms with van der Waals surface area (Å²) < 4.78 is 29.2. The summed E-state index contributed by atoms with van der Waals surface area (Å²) in [6.45, 7) is 2.74. The Morgan fingerprint density at radius 3 is 2.45 bits per heavy atom. The van der Waals surface area contributed by atoms with Gasteiger partial charge < -0.3 is 5.32 Å². The zero-order chi connectivity index (χ0) is 14.7. The van der Waals surface area contributed by atoms with Gasteiger partial charge in [0, 0.05) is 13.1 Å². The van der Waals surface area contributed by atoms with Crippen molar-refractivity contribution in [1.82, 2.24) is 15.1 Å². The topological polar surface area (TPSA) is 29.9 Å². The Balaban J connectivity index is 2.30. The third-order valence-electron chi connectivity index (χ3n) is 3.08. The first-order chi connectivity index (χ1) is 9.51. The van der Waals surface area contributed by atoms with E-state index in [0.717, 1.165) is 22.8 Å². The number of nitrogens with zero attached hydrogens (tertiary/aromatic N) is 2. The molecule has 1 heterocycles. The molecule has 0 aliphatic carbocycles. The minimum atomic E-state index is -0.556. The molecule has 0 spiro atoms. The van der Waals surface area contributed by atoms with Gasteiger partial charge in [0.1, 0.15) is 11.6 Å². The van der Waals surface area contributed by atoms with Gasteiger partial charge in [-0.15, -0.1) is 0 Å². The van der Waals surface area contributed by atoms with Crippen LogP contribution in [0.1, 0.15) is 24.2 Å². The summed E-state index contributed by atoms with van der Waals surface area (Å²) in [7, 11) is 1.84. The SMILES string of the molecule is CCNC(Cc1cc(F)cc(F)c1)c1c(Br)cnn1C. The summed E-state index contributed by atoms with van der Waals surface area (Å²) in [5.74, 6) is -1.11. The molecule has 6 heteroatoms. The van der Waals surface area contributed by atoms with E-state index in [2.05, 4.69) is 26.3 Å². The highest BCUT2D eigenvalue weighted by atomic mass is 79.9. The van der Waals surface area contributed by atoms with Crippen molar-refractivity contribution in [2.75, 3.05) is 6.54 Å². The highest BCUT2D eigenvalue weighted by molar-refractivity contribution is 9.10. The maximum atomic E-state index is 13.3. The van der Waals surface area contributed by atoms with Gasteiger partial charge in [-0.3, -0.25) is 4.68 Å². The predicted octanol–water partition coefficient (Wildman–Crippen LogP) is 3.35. The Labute approximate surface area is 125 Å². The minimum absolute atomic E-state index is 0.0666. The van der Waals surface area contributed by atoms with E-state index >= 15 is 0 Å². The number of likely N-dealkylation sites (N-methyl/N-ethyl adjacent to an activating group) is 1. The van der Waals surface area contributed by atoms with E-state index in [1.807, 2.05) is 14.0 Å². The van der Waals surface area contributed by atoms with Crippen LogP contribution in [0, 0.1) is 11.6 Å². The van der Waals surface area contributed by atoms with Crippen molar-refractivity contribution in [3.8, 4) is 0 Å². The lowest BCUT2D eigenvalue weighted by Gasteiger charge is -2.19. The molecular weight excluding hydrogens is 328 g/mol. The Morgan fingerprint density at radius 2 is 1.95 bits per heavy atom. The van der Waals surface area contributed by atoms with Crippen molar-refractivity contribution in [3.05, 3.63) is 51.8 Å². The zero-order valence-corrected chi connectivity index (χ0v) is 12.9. The molecule has 2 rings (SSSR count). The van der Waals surface area contributed by atoms with Crippen molar-refractivity contribution >= 4 is 15.9 Å². The lowest BCUT2D eigenvalue weighted by molar-refractivity contribution is 0.501. The summed E-state index contributed by atoms with van der Waals surface area (Å²) in [4.78, 5) is 0. The van der Waals surface area contributed by atoms with Gasteiger partial charge >= 0.3 is 0 Å². The Kier molecular flexibility index (Phi) is 4.88. The first-order valence-electron chi connectivity index (χ1n) is 6.37. The van der Waals surface area contributed by atoms with E-state index in [1.54, 1.807) is 10.9 Å². The van der Waals surface area contributed by atoms with Gasteiger partial charge in [-0.25, -0.2) is 8.78 Å². The van der Waals surface area contributed by atoms with Crippen molar-refractivity contribution < 1.29 is 8.78 Å². The molecule has 108 valence electrons. The van der Waals surface area contributed by atoms with E-state index in [-0.39, 0.29) is 6.04 Å². The zero-order valence-electron chi connectivity index (χ0n) is 11.3. The first kappa shape index (κ1) is 15.1. The molecule has 1 unspecified atom stereocenters. The average molecular weight is 344 g/mol. The van der Waals surface area contributed by atoms with Crippen molar-refractivity contribution in [2.45, 2.75) is 19.4 Å². The lowest BCUT2D eigenvalue weighted by atomic mass is 10.0. The van der Waals surface area contributed by atoms with Crippen LogP contribution in [0.3, 0.4) is 0 Å². The number of halogens is 3. The van der Waals surface area contributed by atoms with Crippen LogP contribution in [0.15, 0.2) is 28.9 Å². The summed E-state index contributed by atoms with van der Waals surface area (Å²) in [6, 6.07) is 3.53. The molecule has 20 heavy (non-hydrogen) atoms. The highest BCUT2D eigenvalue weighted by Crippen LogP contribution is 2.26. The molecule has 0 aliphatic rings. The third kappa shape index (κ3) is 3.43. The molecule has 0 aliphatic heterocycles. The van der Waals surface area contributed by atoms with Crippen molar-refractivity contribution in [3.63, 3.8) is 0 Å². The molecule has 1 aromatic carbocycles. The number of hydrogen-bond acceptors (Lipinski definition) is 2. The standard InChI is InChI=1S/C14H16BrF2N3/c1-3-18-13(14-12(15)8-19-20(14)2)6-9-4-10(16)7-11(17)5-9/h4-5,7-8,13,18H,3,6H2,1-2H3. The summed E-state index contributed by atoms with van der Waals surface area (Å²) in [5.41, 5.74) is 1.57. The molecule has 0 radical (unpaired) electrons. The molecule has 0 saturated heterocycles. The van der Waals surface area contributed by atoms with Gasteiger partial charge in [0.2, 0.25) is 0 Å². The largest absolute Gasteiger partial charge is 0.309 e. The molecule has 0 saturated carbocycles. The maximum absolute atomic E-state index is 13.3. The molecule has 3 nitrogen and oxygen atoms in total. The smallest absolute Gasteiger partial charge is 0.126 e. The lowest BCUT2D eigenvalue weighted by Crippen LogP contribution is -2.25. The number of aromatic nitrogens is 2. The van der Waals surface area contributed by atoms with Crippen molar-refractivity contribution in [1.29, 1.82) is 0 Å². The van der Waals surface area contributed by atoms with Crippen LogP contribution in [-0.2, 0) is 13.5 Å². The van der Waals surface area contributed by atoms with Crippen LogP contribution in [-0.4, -0.2) is 16.3 Å². The number of hydrogen-bond donors (Lipinski definition) is 1. The quantitative estimate of drug-likeness (QED) is 0.902. The summed E-state index contributed by atoms with van der Waals surface area (Å²) >= 11 is 3.46. The Hall–Kier alpha value is -1.27. The normalized spacial score (nSPS) is 12.7. The van der Waals surface area contributed by atoms with Gasteiger partial charge in [0.05, 0.1) is 22.4 Å². The van der Waals surface area contributed by atoms with Crippen LogP contribution in [0.5, 0.6) is 0 Å². The summed E-state index contributed by atoms with van der Waals surface area (Å²) in [6.07, 6.45) is 2.20. The maximum Gasteiger partial charge on any atom is 0.126 e. The number of benzene rings is 1. The van der Waals surface area contributed by atoms with Gasteiger partial charge in [0.15, 0.2) is 0 Å². The van der Waals surface area contributed by atoms with Crippen LogP contribution in [0.25, 0.3) is 0 Å². The highest BCUT2D eigenvalue weighted by Gasteiger charge is 2.19. The van der Waals surface area contributed by atoms with E-state index in [0.29, 0.717) is 12.0 Å². The van der Waals surface area contributed by atoms with E-state index in [9.17, 15) is 8.78 Å². The van der Waals surface area contributed by atoms with Gasteiger partial charge in [0.25, 0.3) is 0 Å². The molecule has 2 aromatic rings. The Bertz CT molecular complexity index is 558. The van der Waals surface area contributed by atoms with Crippen LogP contribution >= 0.6 is 15.9 Å². The average Bonchev–Trinajstić information content (AvgIpc) is 2.67. The van der Waals surface area contributed by atoms with E-state index in [1.165, 1.54) is 12.1 Å². The number of nitrogens with one attached hydrogen (secondary N) is 1. The fourth-order valence-electron chi connectivity index (χ4n) is 2.29. The first-order valence-corrected chi connectivity index (χ1v) is 7.16. The molecule has 0 amide bonds. The van der Waals surface area contributed by atoms with E-state index in [4.69, 9.17) is 0 Å². The van der Waals surface area contributed by atoms with Crippen LogP contribution < -0.4 is 5.32 Å². The molecule has 1 atom stereocenters. The molecule has 1 aromatic heterocycles. The van der Waals surface area contributed by atoms with Crippen LogP contribution in [0.4, 0.5) is 8.78 Å². The Morgan fingerprint density at radius 1 is 1.30 bits per heavy atom. The second-order valence-electron chi connectivity index (χ2n) is 4.59. The van der Waals surface area contributed by atoms with Crippen molar-refractivity contribution in [2.24, 2.45) is 7.05 Å². The molecule has 1 N–H and O–H groups in total. The predicted molar refractivity (Wildman–Crippen MR) is 77.4 cm³/mol. The van der Waals surface area contributed by atoms with Gasteiger partial charge in [-0.05, 0) is 46.6 Å². The second-order valence-corrected chi connectivity index (χ2v) is 5.45. The van der Waals surface area contributed by atoms with Crippen LogP contribution in [0.2, 0.25) is 0 Å². The summed E-state index contributed by atoms with van der Waals surface area (Å²) in [5, 5.41) is 7.50. The molecule has 0 bridgehead atoms.